The Morgan fingerprint density at radius 3 is 2.76 bits per heavy atom. The van der Waals surface area contributed by atoms with Crippen molar-refractivity contribution in [3.05, 3.63) is 50.6 Å². The van der Waals surface area contributed by atoms with E-state index in [1.807, 2.05) is 4.98 Å². The molecule has 0 aromatic carbocycles. The van der Waals surface area contributed by atoms with Gasteiger partial charge in [-0.15, -0.1) is 0 Å². The summed E-state index contributed by atoms with van der Waals surface area (Å²) in [6.07, 6.45) is 7.18. The van der Waals surface area contributed by atoms with Gasteiger partial charge in [0.2, 0.25) is 0 Å². The first-order valence-electron chi connectivity index (χ1n) is 6.49. The second kappa shape index (κ2) is 8.47. The summed E-state index contributed by atoms with van der Waals surface area (Å²) in [5, 5.41) is 15.4. The number of aromatic nitrogens is 4. The summed E-state index contributed by atoms with van der Waals surface area (Å²) < 4.78 is 12.0. The van der Waals surface area contributed by atoms with E-state index in [2.05, 4.69) is 23.2 Å². The third-order valence-corrected chi connectivity index (χ3v) is 2.66. The average molecular weight is 293 g/mol. The van der Waals surface area contributed by atoms with Gasteiger partial charge in [0, 0.05) is 18.5 Å². The predicted octanol–water partition coefficient (Wildman–Crippen LogP) is 1.28. The lowest BCUT2D eigenvalue weighted by atomic mass is 10.1. The first-order chi connectivity index (χ1) is 10.1. The molecule has 2 heterocycles. The molecule has 0 saturated carbocycles. The van der Waals surface area contributed by atoms with E-state index in [9.17, 15) is 14.1 Å². The van der Waals surface area contributed by atoms with Gasteiger partial charge in [-0.3, -0.25) is 9.89 Å². The number of H-pyrrole nitrogens is 2. The molecule has 0 unspecified atom stereocenters. The maximum absolute atomic E-state index is 12.0. The smallest absolute Gasteiger partial charge is 0.312 e. The van der Waals surface area contributed by atoms with Crippen LogP contribution in [0.4, 0.5) is 4.48 Å². The largest absolute Gasteiger partial charge is 0.357 e. The van der Waals surface area contributed by atoms with Crippen LogP contribution in [0.3, 0.4) is 0 Å². The lowest BCUT2D eigenvalue weighted by Crippen LogP contribution is -2.28. The van der Waals surface area contributed by atoms with Crippen LogP contribution in [0.15, 0.2) is 28.0 Å². The minimum Gasteiger partial charge on any atom is -0.312 e. The molecular formula is C13H16FN5O2. The van der Waals surface area contributed by atoms with Crippen LogP contribution in [0.25, 0.3) is 0 Å². The van der Waals surface area contributed by atoms with Crippen LogP contribution in [0.2, 0.25) is 0 Å². The normalized spacial score (nSPS) is 9.57. The molecule has 2 aromatic heterocycles. The van der Waals surface area contributed by atoms with Crippen molar-refractivity contribution in [1.82, 2.24) is 20.0 Å². The Hall–Kier alpha value is -2.69. The van der Waals surface area contributed by atoms with Gasteiger partial charge < -0.3 is 4.98 Å². The molecule has 0 radical (unpaired) electrons. The van der Waals surface area contributed by atoms with E-state index in [0.717, 1.165) is 30.8 Å². The summed E-state index contributed by atoms with van der Waals surface area (Å²) in [7, 11) is 0. The van der Waals surface area contributed by atoms with Crippen LogP contribution in [0, 0.1) is 11.3 Å². The lowest BCUT2D eigenvalue weighted by Gasteiger charge is -1.94. The molecular weight excluding hydrogens is 277 g/mol. The van der Waals surface area contributed by atoms with Gasteiger partial charge in [-0.05, 0) is 12.8 Å². The molecule has 0 aliphatic heterocycles. The number of nitrogens with one attached hydrogen (secondary N) is 2. The Morgan fingerprint density at radius 2 is 2.19 bits per heavy atom. The summed E-state index contributed by atoms with van der Waals surface area (Å²) in [6.45, 7) is 2.16. The van der Waals surface area contributed by atoms with Crippen molar-refractivity contribution in [2.45, 2.75) is 32.6 Å². The van der Waals surface area contributed by atoms with E-state index in [4.69, 9.17) is 5.26 Å². The topological polar surface area (TPSA) is 107 Å². The average Bonchev–Trinajstić information content (AvgIpc) is 2.93. The first-order valence-corrected chi connectivity index (χ1v) is 6.49. The molecule has 112 valence electrons. The highest BCUT2D eigenvalue weighted by Gasteiger charge is 2.03. The number of rotatable bonds is 4. The van der Waals surface area contributed by atoms with E-state index in [1.165, 1.54) is 12.8 Å². The molecule has 0 amide bonds. The highest BCUT2D eigenvalue weighted by Crippen LogP contribution is 2.07. The highest BCUT2D eigenvalue weighted by molar-refractivity contribution is 5.30. The zero-order valence-corrected chi connectivity index (χ0v) is 11.6. The van der Waals surface area contributed by atoms with Crippen molar-refractivity contribution >= 4 is 0 Å². The van der Waals surface area contributed by atoms with Gasteiger partial charge >= 0.3 is 5.69 Å². The van der Waals surface area contributed by atoms with Crippen LogP contribution >= 0.6 is 0 Å². The van der Waals surface area contributed by atoms with Crippen LogP contribution in [0.1, 0.15) is 37.4 Å². The fourth-order valence-corrected chi connectivity index (χ4v) is 1.55. The fraction of sp³-hybridized carbons (Fsp3) is 0.385. The van der Waals surface area contributed by atoms with Gasteiger partial charge in [0.05, 0.1) is 11.3 Å². The quantitative estimate of drug-likeness (QED) is 0.828. The van der Waals surface area contributed by atoms with Crippen molar-refractivity contribution in [3.63, 3.8) is 0 Å². The van der Waals surface area contributed by atoms with Crippen molar-refractivity contribution in [2.75, 3.05) is 0 Å². The summed E-state index contributed by atoms with van der Waals surface area (Å²) in [6, 6.07) is 3.03. The fourth-order valence-electron chi connectivity index (χ4n) is 1.55. The molecule has 2 aromatic rings. The SMILES string of the molecule is CCCCCc1n[nH]cc1C#N.O=c1cc[nH]c(=O)n1F. The summed E-state index contributed by atoms with van der Waals surface area (Å²) in [5.74, 6) is 0. The van der Waals surface area contributed by atoms with E-state index < -0.39 is 16.0 Å². The number of aryl methyl sites for hydroxylation is 1. The zero-order valence-electron chi connectivity index (χ0n) is 11.6. The number of hydrogen-bond donors (Lipinski definition) is 2. The minimum absolute atomic E-state index is 0.500. The van der Waals surface area contributed by atoms with Gasteiger partial charge in [-0.25, -0.2) is 4.79 Å². The zero-order chi connectivity index (χ0) is 15.7. The maximum atomic E-state index is 12.0. The van der Waals surface area contributed by atoms with Crippen LogP contribution in [0.5, 0.6) is 0 Å². The molecule has 0 fully saturated rings. The van der Waals surface area contributed by atoms with Crippen LogP contribution in [-0.2, 0) is 6.42 Å². The van der Waals surface area contributed by atoms with Crippen molar-refractivity contribution in [1.29, 1.82) is 5.26 Å². The Bertz CT molecular complexity index is 682. The third-order valence-electron chi connectivity index (χ3n) is 2.66. The molecule has 0 spiro atoms. The highest BCUT2D eigenvalue weighted by atomic mass is 19.2. The molecule has 0 atom stereocenters. The molecule has 2 rings (SSSR count). The van der Waals surface area contributed by atoms with E-state index in [-0.39, 0.29) is 0 Å². The van der Waals surface area contributed by atoms with Crippen molar-refractivity contribution < 1.29 is 4.48 Å². The van der Waals surface area contributed by atoms with E-state index in [0.29, 0.717) is 5.56 Å². The number of halogens is 1. The number of unbranched alkanes of at least 4 members (excludes halogenated alkanes) is 2. The molecule has 0 bridgehead atoms. The van der Waals surface area contributed by atoms with Crippen LogP contribution < -0.4 is 11.2 Å². The van der Waals surface area contributed by atoms with Gasteiger partial charge in [0.1, 0.15) is 6.07 Å². The van der Waals surface area contributed by atoms with E-state index >= 15 is 0 Å². The first kappa shape index (κ1) is 16.4. The standard InChI is InChI=1S/C9H13N3.C4H3FN2O2/c1-2-3-4-5-9-8(6-10)7-11-12-9;5-7-3(8)1-2-6-4(7)9/h7H,2-5H2,1H3,(H,11,12);1-2H,(H,6,9). The summed E-state index contributed by atoms with van der Waals surface area (Å²) >= 11 is 0. The Labute approximate surface area is 120 Å². The predicted molar refractivity (Wildman–Crippen MR) is 74.4 cm³/mol. The minimum atomic E-state index is -1.05. The van der Waals surface area contributed by atoms with Crippen molar-refractivity contribution in [2.24, 2.45) is 0 Å². The van der Waals surface area contributed by atoms with Gasteiger partial charge in [-0.1, -0.05) is 29.0 Å². The van der Waals surface area contributed by atoms with E-state index in [1.54, 1.807) is 6.20 Å². The van der Waals surface area contributed by atoms with Gasteiger partial charge in [-0.2, -0.15) is 10.4 Å². The molecule has 7 nitrogen and oxygen atoms in total. The Morgan fingerprint density at radius 1 is 1.43 bits per heavy atom. The molecule has 21 heavy (non-hydrogen) atoms. The Balaban J connectivity index is 0.000000219. The number of hydrogen-bond acceptors (Lipinski definition) is 4. The molecule has 0 aliphatic carbocycles. The second-order valence-electron chi connectivity index (χ2n) is 4.22. The molecule has 8 heteroatoms. The summed E-state index contributed by atoms with van der Waals surface area (Å²) in [4.78, 5) is 21.9. The molecule has 0 saturated heterocycles. The van der Waals surface area contributed by atoms with Gasteiger partial charge in [0.15, 0.2) is 0 Å². The summed E-state index contributed by atoms with van der Waals surface area (Å²) in [5.41, 5.74) is -0.418. The molecule has 0 aliphatic rings. The molecule has 2 N–H and O–H groups in total. The third kappa shape index (κ3) is 5.06. The Kier molecular flexibility index (Phi) is 6.60. The van der Waals surface area contributed by atoms with Gasteiger partial charge in [0.25, 0.3) is 5.56 Å². The maximum Gasteiger partial charge on any atom is 0.357 e. The number of nitriles is 1. The van der Waals surface area contributed by atoms with Crippen LogP contribution in [-0.4, -0.2) is 20.0 Å². The second-order valence-corrected chi connectivity index (χ2v) is 4.22. The number of nitrogens with zero attached hydrogens (tertiary/aromatic N) is 3. The lowest BCUT2D eigenvalue weighted by molar-refractivity contribution is 0.330. The number of aromatic amines is 2. The monoisotopic (exact) mass is 293 g/mol. The van der Waals surface area contributed by atoms with Crippen molar-refractivity contribution in [3.8, 4) is 6.07 Å².